The van der Waals surface area contributed by atoms with Gasteiger partial charge in [-0.15, -0.1) is 10.2 Å². The van der Waals surface area contributed by atoms with E-state index in [1.807, 2.05) is 76.2 Å². The third-order valence-electron chi connectivity index (χ3n) is 4.20. The van der Waals surface area contributed by atoms with Crippen LogP contribution in [0.1, 0.15) is 32.4 Å². The number of rotatable bonds is 2. The van der Waals surface area contributed by atoms with Crippen molar-refractivity contribution in [3.05, 3.63) is 69.1 Å². The summed E-state index contributed by atoms with van der Waals surface area (Å²) in [5.41, 5.74) is 1.26. The normalized spacial score (nSPS) is 10.7. The number of aromatic nitrogens is 6. The van der Waals surface area contributed by atoms with Crippen LogP contribution in [0.25, 0.3) is 22.8 Å². The monoisotopic (exact) mass is 585 g/mol. The van der Waals surface area contributed by atoms with Crippen molar-refractivity contribution in [2.75, 3.05) is 0 Å². The molecule has 0 amide bonds. The van der Waals surface area contributed by atoms with Gasteiger partial charge in [0.25, 0.3) is 0 Å². The Bertz CT molecular complexity index is 1230. The van der Waals surface area contributed by atoms with Crippen molar-refractivity contribution in [3.8, 4) is 22.8 Å². The highest BCUT2D eigenvalue weighted by Crippen LogP contribution is 2.22. The number of carbonyl (C=O) groups excluding carboxylic acids is 1. The third kappa shape index (κ3) is 7.36. The summed E-state index contributed by atoms with van der Waals surface area (Å²) < 4.78 is 8.79. The lowest BCUT2D eigenvalue weighted by Gasteiger charge is -2.20. The van der Waals surface area contributed by atoms with Crippen LogP contribution in [0.3, 0.4) is 0 Å². The zero-order valence-corrected chi connectivity index (χ0v) is 22.7. The predicted octanol–water partition coefficient (Wildman–Crippen LogP) is 5.96. The van der Waals surface area contributed by atoms with Gasteiger partial charge in [-0.2, -0.15) is 5.10 Å². The lowest BCUT2D eigenvalue weighted by Crippen LogP contribution is -2.28. The van der Waals surface area contributed by atoms with Crippen molar-refractivity contribution in [1.82, 2.24) is 29.9 Å². The van der Waals surface area contributed by atoms with Gasteiger partial charge in [-0.1, -0.05) is 56.1 Å². The van der Waals surface area contributed by atoms with Crippen molar-refractivity contribution in [2.24, 2.45) is 0 Å². The van der Waals surface area contributed by atoms with Crippen LogP contribution in [0.5, 0.6) is 0 Å². The molecule has 2 aromatic carbocycles. The highest BCUT2D eigenvalue weighted by atomic mass is 79.9. The molecule has 0 aliphatic carbocycles. The Morgan fingerprint density at radius 1 is 0.912 bits per heavy atom. The lowest BCUT2D eigenvalue weighted by molar-refractivity contribution is 0.0536. The maximum atomic E-state index is 12.3. The average Bonchev–Trinajstić information content (AvgIpc) is 3.34. The Morgan fingerprint density at radius 3 is 1.91 bits per heavy atom. The second-order valence-electron chi connectivity index (χ2n) is 8.14. The highest BCUT2D eigenvalue weighted by Gasteiger charge is 2.23. The molecule has 4 aromatic rings. The molecular formula is C23H24BBr2N6O2. The van der Waals surface area contributed by atoms with Gasteiger partial charge in [0, 0.05) is 28.5 Å². The summed E-state index contributed by atoms with van der Waals surface area (Å²) in [6.45, 7) is 9.08. The van der Waals surface area contributed by atoms with Crippen LogP contribution in [0.2, 0.25) is 0 Å². The van der Waals surface area contributed by atoms with Gasteiger partial charge in [0.1, 0.15) is 17.2 Å². The van der Waals surface area contributed by atoms with Gasteiger partial charge in [0.2, 0.25) is 0 Å². The van der Waals surface area contributed by atoms with Crippen molar-refractivity contribution in [1.29, 1.82) is 0 Å². The van der Waals surface area contributed by atoms with Crippen molar-refractivity contribution in [2.45, 2.75) is 40.2 Å². The first-order chi connectivity index (χ1) is 15.5. The minimum absolute atomic E-state index is 0. The molecule has 0 fully saturated rings. The van der Waals surface area contributed by atoms with Crippen LogP contribution in [-0.4, -0.2) is 50.1 Å². The third-order valence-corrected chi connectivity index (χ3v) is 5.26. The van der Waals surface area contributed by atoms with Crippen LogP contribution in [0.4, 0.5) is 4.79 Å². The van der Waals surface area contributed by atoms with E-state index in [-0.39, 0.29) is 8.41 Å². The molecular weight excluding hydrogens is 563 g/mol. The van der Waals surface area contributed by atoms with Gasteiger partial charge < -0.3 is 4.74 Å². The zero-order valence-electron chi connectivity index (χ0n) is 19.5. The molecule has 2 heterocycles. The number of hydrogen-bond donors (Lipinski definition) is 1. The van der Waals surface area contributed by atoms with Crippen molar-refractivity contribution < 1.29 is 9.53 Å². The first kappa shape index (κ1) is 27.5. The molecule has 1 N–H and O–H groups in total. The number of nitrogens with one attached hydrogen (secondary N) is 1. The number of benzene rings is 2. The van der Waals surface area contributed by atoms with Gasteiger partial charge in [0.15, 0.2) is 11.6 Å². The Hall–Kier alpha value is -2.79. The first-order valence-corrected chi connectivity index (χ1v) is 11.7. The minimum atomic E-state index is -0.565. The number of carbonyl (C=O) groups is 1. The van der Waals surface area contributed by atoms with Crippen molar-refractivity contribution in [3.63, 3.8) is 0 Å². The van der Waals surface area contributed by atoms with E-state index in [0.29, 0.717) is 11.6 Å². The van der Waals surface area contributed by atoms with E-state index in [0.717, 1.165) is 31.7 Å². The molecule has 0 bridgehead atoms. The summed E-state index contributed by atoms with van der Waals surface area (Å²) in [7, 11) is 0. The zero-order chi connectivity index (χ0) is 24.2. The Morgan fingerprint density at radius 2 is 1.44 bits per heavy atom. The van der Waals surface area contributed by atoms with Crippen LogP contribution in [-0.2, 0) is 4.74 Å². The SMILES string of the molecule is Cc1nc(-c2ccc(Br)cc2)n[nH]1.Cc1nnc(-c2ccc(Br)cc2)n1C(=O)OC(C)(C)C.[B]. The molecule has 175 valence electrons. The summed E-state index contributed by atoms with van der Waals surface area (Å²) in [4.78, 5) is 16.5. The summed E-state index contributed by atoms with van der Waals surface area (Å²) in [5, 5.41) is 14.9. The van der Waals surface area contributed by atoms with E-state index in [1.165, 1.54) is 4.57 Å². The van der Waals surface area contributed by atoms with E-state index in [4.69, 9.17) is 4.74 Å². The van der Waals surface area contributed by atoms with Crippen LogP contribution < -0.4 is 0 Å². The molecule has 0 atom stereocenters. The molecule has 0 aliphatic heterocycles. The molecule has 34 heavy (non-hydrogen) atoms. The highest BCUT2D eigenvalue weighted by molar-refractivity contribution is 9.10. The lowest BCUT2D eigenvalue weighted by atomic mass is 10.2. The average molecular weight is 587 g/mol. The maximum Gasteiger partial charge on any atom is 0.421 e. The molecule has 0 saturated carbocycles. The second kappa shape index (κ2) is 11.6. The molecule has 0 aliphatic rings. The first-order valence-electron chi connectivity index (χ1n) is 10.1. The Labute approximate surface area is 217 Å². The van der Waals surface area contributed by atoms with Gasteiger partial charge in [-0.25, -0.2) is 14.3 Å². The topological polar surface area (TPSA) is 98.6 Å². The minimum Gasteiger partial charge on any atom is -0.443 e. The van der Waals surface area contributed by atoms with E-state index in [2.05, 4.69) is 57.2 Å². The van der Waals surface area contributed by atoms with Gasteiger partial charge in [-0.05, 0) is 58.9 Å². The number of H-pyrrole nitrogens is 1. The number of aryl methyl sites for hydroxylation is 2. The number of aromatic amines is 1. The Kier molecular flexibility index (Phi) is 9.34. The van der Waals surface area contributed by atoms with Gasteiger partial charge >= 0.3 is 6.09 Å². The quantitative estimate of drug-likeness (QED) is 0.291. The Balaban J connectivity index is 0.000000253. The van der Waals surface area contributed by atoms with Crippen LogP contribution in [0, 0.1) is 13.8 Å². The van der Waals surface area contributed by atoms with Crippen molar-refractivity contribution >= 4 is 46.4 Å². The number of ether oxygens (including phenoxy) is 1. The maximum absolute atomic E-state index is 12.3. The van der Waals surface area contributed by atoms with Gasteiger partial charge in [-0.3, -0.25) is 5.10 Å². The van der Waals surface area contributed by atoms with Gasteiger partial charge in [0.05, 0.1) is 0 Å². The number of halogens is 2. The molecule has 8 nitrogen and oxygen atoms in total. The molecule has 11 heteroatoms. The van der Waals surface area contributed by atoms with Crippen LogP contribution >= 0.6 is 31.9 Å². The number of hydrogen-bond acceptors (Lipinski definition) is 6. The summed E-state index contributed by atoms with van der Waals surface area (Å²) >= 11 is 6.75. The molecule has 0 saturated heterocycles. The second-order valence-corrected chi connectivity index (χ2v) is 9.98. The summed E-state index contributed by atoms with van der Waals surface area (Å²) in [6, 6.07) is 15.4. The molecule has 2 aromatic heterocycles. The van der Waals surface area contributed by atoms with E-state index in [1.54, 1.807) is 6.92 Å². The largest absolute Gasteiger partial charge is 0.443 e. The molecule has 3 radical (unpaired) electrons. The van der Waals surface area contributed by atoms with E-state index in [9.17, 15) is 4.79 Å². The molecule has 4 rings (SSSR count). The van der Waals surface area contributed by atoms with Crippen LogP contribution in [0.15, 0.2) is 57.5 Å². The smallest absolute Gasteiger partial charge is 0.421 e. The number of nitrogens with zero attached hydrogens (tertiary/aromatic N) is 5. The fourth-order valence-corrected chi connectivity index (χ4v) is 3.27. The fourth-order valence-electron chi connectivity index (χ4n) is 2.75. The molecule has 0 spiro atoms. The summed E-state index contributed by atoms with van der Waals surface area (Å²) in [6.07, 6.45) is -0.474. The van der Waals surface area contributed by atoms with E-state index >= 15 is 0 Å². The standard InChI is InChI=1S/C14H16BrN3O2.C9H8BrN3.B/c1-9-16-17-12(10-5-7-11(15)8-6-10)18(9)13(19)20-14(2,3)4;1-6-11-9(13-12-6)7-2-4-8(10)5-3-7;/h5-8H,1-4H3;2-5H,1H3,(H,11,12,13);. The predicted molar refractivity (Wildman–Crippen MR) is 140 cm³/mol. The fraction of sp³-hybridized carbons (Fsp3) is 0.261. The van der Waals surface area contributed by atoms with E-state index < -0.39 is 11.7 Å². The molecule has 0 unspecified atom stereocenters. The summed E-state index contributed by atoms with van der Waals surface area (Å²) in [5.74, 6) is 2.55.